The van der Waals surface area contributed by atoms with Gasteiger partial charge in [0.05, 0.1) is 23.5 Å². The van der Waals surface area contributed by atoms with E-state index in [0.717, 1.165) is 30.1 Å². The summed E-state index contributed by atoms with van der Waals surface area (Å²) in [5, 5.41) is 8.36. The highest BCUT2D eigenvalue weighted by molar-refractivity contribution is 6.25. The van der Waals surface area contributed by atoms with Crippen LogP contribution in [0.25, 0.3) is 0 Å². The van der Waals surface area contributed by atoms with E-state index in [0.29, 0.717) is 24.7 Å². The summed E-state index contributed by atoms with van der Waals surface area (Å²) in [4.78, 5) is 58.0. The van der Waals surface area contributed by atoms with Gasteiger partial charge in [-0.2, -0.15) is 0 Å². The number of fused-ring (bicyclic) bond motifs is 1. The zero-order chi connectivity index (χ0) is 22.7. The molecule has 0 spiro atoms. The van der Waals surface area contributed by atoms with Gasteiger partial charge in [0.25, 0.3) is 11.8 Å². The fourth-order valence-corrected chi connectivity index (χ4v) is 3.74. The number of hydrogen-bond donors (Lipinski definition) is 3. The van der Waals surface area contributed by atoms with Crippen molar-refractivity contribution in [3.63, 3.8) is 0 Å². The molecule has 0 bridgehead atoms. The summed E-state index contributed by atoms with van der Waals surface area (Å²) in [5.41, 5.74) is 0.991. The fraction of sp³-hybridized carbons (Fsp3) is 0.333. The summed E-state index contributed by atoms with van der Waals surface area (Å²) >= 11 is 0. The van der Waals surface area contributed by atoms with Crippen LogP contribution in [0.2, 0.25) is 0 Å². The van der Waals surface area contributed by atoms with Gasteiger partial charge in [-0.05, 0) is 31.4 Å². The molecule has 1 saturated heterocycles. The number of anilines is 2. The van der Waals surface area contributed by atoms with Gasteiger partial charge in [-0.15, -0.1) is 0 Å². The van der Waals surface area contributed by atoms with Crippen molar-refractivity contribution in [1.29, 1.82) is 0 Å². The summed E-state index contributed by atoms with van der Waals surface area (Å²) < 4.78 is 12.8. The van der Waals surface area contributed by atoms with Gasteiger partial charge in [0, 0.05) is 25.2 Å². The maximum atomic E-state index is 13.0. The van der Waals surface area contributed by atoms with Crippen molar-refractivity contribution in [3.8, 4) is 0 Å². The minimum atomic E-state index is -0.993. The van der Waals surface area contributed by atoms with E-state index in [1.807, 2.05) is 0 Å². The van der Waals surface area contributed by atoms with Crippen LogP contribution in [0.15, 0.2) is 30.6 Å². The van der Waals surface area contributed by atoms with E-state index in [-0.39, 0.29) is 24.0 Å². The Hall–Kier alpha value is -3.89. The molecule has 32 heavy (non-hydrogen) atoms. The third-order valence-corrected chi connectivity index (χ3v) is 5.29. The molecule has 0 aliphatic carbocycles. The van der Waals surface area contributed by atoms with Gasteiger partial charge in [-0.1, -0.05) is 6.07 Å². The Morgan fingerprint density at radius 1 is 1.03 bits per heavy atom. The smallest absolute Gasteiger partial charge is 0.264 e. The maximum absolute atomic E-state index is 13.0. The number of imide groups is 2. The largest absolute Gasteiger partial charge is 0.384 e. The number of unbranched alkanes of at least 4 members (excludes halogenated alkanes) is 1. The van der Waals surface area contributed by atoms with E-state index in [2.05, 4.69) is 25.9 Å². The van der Waals surface area contributed by atoms with Crippen LogP contribution in [0.1, 0.15) is 46.4 Å². The Kier molecular flexibility index (Phi) is 6.06. The zero-order valence-electron chi connectivity index (χ0n) is 17.1. The third-order valence-electron chi connectivity index (χ3n) is 5.29. The van der Waals surface area contributed by atoms with E-state index in [9.17, 15) is 23.6 Å². The lowest BCUT2D eigenvalue weighted by Crippen LogP contribution is -2.54. The lowest BCUT2D eigenvalue weighted by atomic mass is 10.0. The van der Waals surface area contributed by atoms with E-state index < -0.39 is 35.5 Å². The second kappa shape index (κ2) is 9.08. The highest BCUT2D eigenvalue weighted by Crippen LogP contribution is 2.32. The van der Waals surface area contributed by atoms with Gasteiger partial charge >= 0.3 is 0 Å². The van der Waals surface area contributed by atoms with Crippen LogP contribution in [-0.4, -0.2) is 57.6 Å². The molecule has 1 aromatic heterocycles. The molecule has 0 radical (unpaired) electrons. The van der Waals surface area contributed by atoms with Crippen LogP contribution in [-0.2, 0) is 9.59 Å². The Labute approximate surface area is 182 Å². The molecular weight excluding hydrogens is 419 g/mol. The zero-order valence-corrected chi connectivity index (χ0v) is 17.1. The van der Waals surface area contributed by atoms with E-state index >= 15 is 0 Å². The van der Waals surface area contributed by atoms with Crippen molar-refractivity contribution in [2.45, 2.75) is 31.7 Å². The minimum absolute atomic E-state index is 0.0753. The quantitative estimate of drug-likeness (QED) is 0.413. The van der Waals surface area contributed by atoms with Crippen molar-refractivity contribution in [3.05, 3.63) is 47.5 Å². The molecule has 1 atom stereocenters. The van der Waals surface area contributed by atoms with Crippen molar-refractivity contribution >= 4 is 35.3 Å². The first-order valence-electron chi connectivity index (χ1n) is 10.3. The fourth-order valence-electron chi connectivity index (χ4n) is 3.74. The van der Waals surface area contributed by atoms with Crippen LogP contribution >= 0.6 is 0 Å². The topological polar surface area (TPSA) is 133 Å². The number of benzene rings is 1. The normalized spacial score (nSPS) is 17.9. The monoisotopic (exact) mass is 440 g/mol. The number of carbonyl (C=O) groups excluding carboxylic acids is 4. The predicted octanol–water partition coefficient (Wildman–Crippen LogP) is 1.32. The molecule has 3 heterocycles. The van der Waals surface area contributed by atoms with Gasteiger partial charge in [0.1, 0.15) is 6.04 Å². The molecule has 11 heteroatoms. The number of amides is 4. The average molecular weight is 440 g/mol. The highest BCUT2D eigenvalue weighted by atomic mass is 19.1. The number of hydrogen-bond acceptors (Lipinski definition) is 8. The number of aromatic nitrogens is 2. The number of halogens is 1. The molecule has 1 fully saturated rings. The van der Waals surface area contributed by atoms with Crippen LogP contribution in [0, 0.1) is 5.82 Å². The molecule has 1 unspecified atom stereocenters. The highest BCUT2D eigenvalue weighted by Gasteiger charge is 2.45. The Bertz CT molecular complexity index is 1070. The molecular formula is C21H21FN6O4. The van der Waals surface area contributed by atoms with Crippen molar-refractivity contribution in [2.75, 3.05) is 23.7 Å². The first-order valence-corrected chi connectivity index (χ1v) is 10.3. The molecule has 4 rings (SSSR count). The van der Waals surface area contributed by atoms with Gasteiger partial charge < -0.3 is 10.6 Å². The molecule has 2 aliphatic rings. The predicted molar refractivity (Wildman–Crippen MR) is 111 cm³/mol. The van der Waals surface area contributed by atoms with Gasteiger partial charge in [-0.25, -0.2) is 14.4 Å². The Morgan fingerprint density at radius 2 is 1.75 bits per heavy atom. The molecule has 3 N–H and O–H groups in total. The second-order valence-electron chi connectivity index (χ2n) is 7.46. The summed E-state index contributed by atoms with van der Waals surface area (Å²) in [5.74, 6) is -2.28. The molecule has 10 nitrogen and oxygen atoms in total. The van der Waals surface area contributed by atoms with Gasteiger partial charge in [0.15, 0.2) is 5.82 Å². The van der Waals surface area contributed by atoms with E-state index in [1.165, 1.54) is 0 Å². The minimum Gasteiger partial charge on any atom is -0.384 e. The van der Waals surface area contributed by atoms with Crippen LogP contribution in [0.5, 0.6) is 0 Å². The second-order valence-corrected chi connectivity index (χ2v) is 7.46. The van der Waals surface area contributed by atoms with Crippen molar-refractivity contribution in [2.24, 2.45) is 0 Å². The van der Waals surface area contributed by atoms with Crippen LogP contribution < -0.4 is 16.0 Å². The van der Waals surface area contributed by atoms with Gasteiger partial charge in [-0.3, -0.25) is 29.4 Å². The molecule has 4 amide bonds. The first-order chi connectivity index (χ1) is 15.5. The molecule has 0 saturated carbocycles. The lowest BCUT2D eigenvalue weighted by Gasteiger charge is -2.27. The van der Waals surface area contributed by atoms with E-state index in [1.54, 1.807) is 18.2 Å². The standard InChI is InChI=1S/C21H21FN6O4/c22-12-10-25-21(26-11-12)24-9-2-1-8-23-14-5-3-4-13-17(14)20(32)28(19(13)31)15-6-7-16(29)27-18(15)30/h3-5,10-11,15,23H,1-2,6-9H2,(H,24,25,26)(H,27,29,30). The molecule has 2 aliphatic heterocycles. The number of rotatable bonds is 8. The number of carbonyl (C=O) groups is 4. The van der Waals surface area contributed by atoms with Gasteiger partial charge in [0.2, 0.25) is 17.8 Å². The van der Waals surface area contributed by atoms with E-state index in [4.69, 9.17) is 0 Å². The summed E-state index contributed by atoms with van der Waals surface area (Å²) in [7, 11) is 0. The summed E-state index contributed by atoms with van der Waals surface area (Å²) in [6.07, 6.45) is 3.87. The lowest BCUT2D eigenvalue weighted by molar-refractivity contribution is -0.136. The molecule has 2 aromatic rings. The first kappa shape index (κ1) is 21.3. The van der Waals surface area contributed by atoms with Crippen LogP contribution in [0.3, 0.4) is 0 Å². The summed E-state index contributed by atoms with van der Waals surface area (Å²) in [6.45, 7) is 1.13. The summed E-state index contributed by atoms with van der Waals surface area (Å²) in [6, 6.07) is 3.95. The number of nitrogens with one attached hydrogen (secondary N) is 3. The van der Waals surface area contributed by atoms with Crippen molar-refractivity contribution < 1.29 is 23.6 Å². The average Bonchev–Trinajstić information content (AvgIpc) is 3.03. The van der Waals surface area contributed by atoms with Crippen molar-refractivity contribution in [1.82, 2.24) is 20.2 Å². The number of piperidine rings is 1. The van der Waals surface area contributed by atoms with Crippen LogP contribution in [0.4, 0.5) is 16.0 Å². The third kappa shape index (κ3) is 4.27. The maximum Gasteiger partial charge on any atom is 0.264 e. The number of nitrogens with zero attached hydrogens (tertiary/aromatic N) is 3. The SMILES string of the molecule is O=C1CCC(N2C(=O)c3cccc(NCCCCNc4ncc(F)cn4)c3C2=O)C(=O)N1. The Balaban J connectivity index is 1.34. The molecule has 166 valence electrons. The molecule has 1 aromatic carbocycles. The Morgan fingerprint density at radius 3 is 2.47 bits per heavy atom.